The highest BCUT2D eigenvalue weighted by atomic mass is 79.9. The average Bonchev–Trinajstić information content (AvgIpc) is 3.05. The molecule has 0 radical (unpaired) electrons. The molecule has 1 aromatic heterocycles. The predicted molar refractivity (Wildman–Crippen MR) is 88.5 cm³/mol. The van der Waals surface area contributed by atoms with E-state index >= 15 is 0 Å². The van der Waals surface area contributed by atoms with Crippen LogP contribution in [0.2, 0.25) is 0 Å². The van der Waals surface area contributed by atoms with Gasteiger partial charge in [0, 0.05) is 35.3 Å². The number of hydrogen-bond acceptors (Lipinski definition) is 3. The average molecular weight is 380 g/mol. The lowest BCUT2D eigenvalue weighted by molar-refractivity contribution is -0.130. The Balaban J connectivity index is 1.82. The van der Waals surface area contributed by atoms with Crippen molar-refractivity contribution in [2.75, 3.05) is 11.4 Å². The number of benzene rings is 1. The van der Waals surface area contributed by atoms with Crippen molar-refractivity contribution in [3.63, 3.8) is 0 Å². The first-order chi connectivity index (χ1) is 10.6. The summed E-state index contributed by atoms with van der Waals surface area (Å²) in [5, 5.41) is 1.86. The molecule has 2 heterocycles. The van der Waals surface area contributed by atoms with E-state index in [0.717, 1.165) is 10.2 Å². The topological polar surface area (TPSA) is 54.7 Å². The van der Waals surface area contributed by atoms with Crippen LogP contribution < -0.4 is 9.70 Å². The molecule has 1 atom stereocenters. The van der Waals surface area contributed by atoms with Crippen molar-refractivity contribution in [1.29, 1.82) is 0 Å². The van der Waals surface area contributed by atoms with Crippen molar-refractivity contribution in [1.82, 2.24) is 4.57 Å². The van der Waals surface area contributed by atoms with E-state index in [-0.39, 0.29) is 11.8 Å². The van der Waals surface area contributed by atoms with Gasteiger partial charge in [-0.15, -0.1) is 11.3 Å². The van der Waals surface area contributed by atoms with Crippen LogP contribution in [0.5, 0.6) is 0 Å². The highest BCUT2D eigenvalue weighted by Gasteiger charge is 2.37. The first kappa shape index (κ1) is 15.2. The van der Waals surface area contributed by atoms with E-state index in [0.29, 0.717) is 17.8 Å². The van der Waals surface area contributed by atoms with Gasteiger partial charge in [0.1, 0.15) is 5.92 Å². The number of carbonyl (C=O) groups excluding carboxylic acids is 2. The number of rotatable bonds is 2. The summed E-state index contributed by atoms with van der Waals surface area (Å²) >= 11 is 4.78. The fourth-order valence-electron chi connectivity index (χ4n) is 2.42. The smallest absolute Gasteiger partial charge is 0.260 e. The number of aryl methyl sites for hydroxylation is 1. The number of anilines is 1. The molecule has 0 N–H and O–H groups in total. The minimum atomic E-state index is -0.680. The van der Waals surface area contributed by atoms with Crippen LogP contribution in [0.15, 0.2) is 45.3 Å². The molecule has 22 heavy (non-hydrogen) atoms. The molecule has 0 spiro atoms. The Morgan fingerprint density at radius 3 is 2.95 bits per heavy atom. The van der Waals surface area contributed by atoms with Gasteiger partial charge in [0.15, 0.2) is 4.80 Å². The Kier molecular flexibility index (Phi) is 4.26. The molecule has 1 aromatic carbocycles. The molecule has 2 aromatic rings. The molecule has 0 unspecified atom stereocenters. The lowest BCUT2D eigenvalue weighted by atomic mass is 10.1. The van der Waals surface area contributed by atoms with Gasteiger partial charge in [-0.2, -0.15) is 4.99 Å². The zero-order valence-electron chi connectivity index (χ0n) is 11.9. The lowest BCUT2D eigenvalue weighted by Crippen LogP contribution is -2.30. The first-order valence-corrected chi connectivity index (χ1v) is 8.49. The highest BCUT2D eigenvalue weighted by molar-refractivity contribution is 9.10. The van der Waals surface area contributed by atoms with Crippen molar-refractivity contribution in [2.45, 2.75) is 6.42 Å². The Bertz CT molecular complexity index is 796. The summed E-state index contributed by atoms with van der Waals surface area (Å²) in [5.41, 5.74) is 0.802. The highest BCUT2D eigenvalue weighted by Crippen LogP contribution is 2.27. The maximum absolute atomic E-state index is 12.5. The molecule has 0 bridgehead atoms. The molecule has 0 saturated carbocycles. The number of hydrogen-bond donors (Lipinski definition) is 0. The maximum atomic E-state index is 12.5. The summed E-state index contributed by atoms with van der Waals surface area (Å²) in [7, 11) is 1.83. The Hall–Kier alpha value is -1.73. The van der Waals surface area contributed by atoms with Gasteiger partial charge in [-0.3, -0.25) is 9.59 Å². The molecule has 0 aliphatic carbocycles. The molecule has 7 heteroatoms. The third-order valence-corrected chi connectivity index (χ3v) is 4.93. The van der Waals surface area contributed by atoms with Crippen molar-refractivity contribution in [2.24, 2.45) is 18.0 Å². The summed E-state index contributed by atoms with van der Waals surface area (Å²) in [5.74, 6) is -1.22. The zero-order valence-corrected chi connectivity index (χ0v) is 14.3. The molecule has 114 valence electrons. The van der Waals surface area contributed by atoms with E-state index in [1.165, 1.54) is 11.3 Å². The summed E-state index contributed by atoms with van der Waals surface area (Å²) < 4.78 is 2.68. The van der Waals surface area contributed by atoms with Crippen molar-refractivity contribution >= 4 is 44.8 Å². The van der Waals surface area contributed by atoms with Gasteiger partial charge in [0.25, 0.3) is 5.91 Å². The van der Waals surface area contributed by atoms with Gasteiger partial charge in [-0.25, -0.2) is 0 Å². The number of nitrogens with zero attached hydrogens (tertiary/aromatic N) is 3. The zero-order chi connectivity index (χ0) is 15.7. The lowest BCUT2D eigenvalue weighted by Gasteiger charge is -2.16. The second kappa shape index (κ2) is 6.18. The van der Waals surface area contributed by atoms with Crippen LogP contribution in [0.1, 0.15) is 6.42 Å². The van der Waals surface area contributed by atoms with Crippen LogP contribution in [0, 0.1) is 5.92 Å². The summed E-state index contributed by atoms with van der Waals surface area (Å²) in [6, 6.07) is 7.52. The molecule has 1 aliphatic rings. The molecule has 5 nitrogen and oxygen atoms in total. The molecule has 1 saturated heterocycles. The van der Waals surface area contributed by atoms with Crippen LogP contribution >= 0.6 is 27.3 Å². The van der Waals surface area contributed by atoms with Crippen LogP contribution in [0.3, 0.4) is 0 Å². The summed E-state index contributed by atoms with van der Waals surface area (Å²) in [6.45, 7) is 0.539. The van der Waals surface area contributed by atoms with E-state index in [9.17, 15) is 9.59 Å². The van der Waals surface area contributed by atoms with E-state index in [4.69, 9.17) is 0 Å². The van der Waals surface area contributed by atoms with E-state index in [1.807, 2.05) is 42.9 Å². The van der Waals surface area contributed by atoms with E-state index in [2.05, 4.69) is 20.9 Å². The third kappa shape index (κ3) is 2.91. The number of thiazole rings is 1. The maximum Gasteiger partial charge on any atom is 0.260 e. The molecule has 3 rings (SSSR count). The van der Waals surface area contributed by atoms with Gasteiger partial charge in [0.05, 0.1) is 0 Å². The molecule has 1 fully saturated rings. The Morgan fingerprint density at radius 1 is 1.45 bits per heavy atom. The number of halogens is 1. The van der Waals surface area contributed by atoms with Crippen LogP contribution in [-0.4, -0.2) is 22.9 Å². The van der Waals surface area contributed by atoms with Gasteiger partial charge >= 0.3 is 0 Å². The second-order valence-corrected chi connectivity index (χ2v) is 6.85. The van der Waals surface area contributed by atoms with Crippen molar-refractivity contribution < 1.29 is 9.59 Å². The van der Waals surface area contributed by atoms with Gasteiger partial charge in [-0.1, -0.05) is 22.0 Å². The second-order valence-electron chi connectivity index (χ2n) is 5.06. The standard InChI is InChI=1S/C15H14BrN3O2S/c1-18-7-8-22-15(18)17-13(20)12-5-6-19(14(12)21)11-4-2-3-10(16)9-11/h2-4,7-9,12H,5-6H2,1H3/t12-/m0/s1. The fourth-order valence-corrected chi connectivity index (χ4v) is 3.54. The van der Waals surface area contributed by atoms with Crippen LogP contribution in [0.25, 0.3) is 0 Å². The van der Waals surface area contributed by atoms with Gasteiger partial charge < -0.3 is 9.47 Å². The monoisotopic (exact) mass is 379 g/mol. The molecular weight excluding hydrogens is 366 g/mol. The summed E-state index contributed by atoms with van der Waals surface area (Å²) in [4.78, 5) is 31.1. The number of amides is 2. The minimum absolute atomic E-state index is 0.175. The van der Waals surface area contributed by atoms with Gasteiger partial charge in [-0.05, 0) is 24.6 Å². The third-order valence-electron chi connectivity index (χ3n) is 3.59. The molecular formula is C15H14BrN3O2S. The SMILES string of the molecule is Cn1ccsc1=NC(=O)[C@@H]1CCN(c2cccc(Br)c2)C1=O. The predicted octanol–water partition coefficient (Wildman–Crippen LogP) is 2.33. The van der Waals surface area contributed by atoms with E-state index in [1.54, 1.807) is 9.47 Å². The molecule has 1 aliphatic heterocycles. The minimum Gasteiger partial charge on any atom is -0.327 e. The quantitative estimate of drug-likeness (QED) is 0.751. The Morgan fingerprint density at radius 2 is 2.27 bits per heavy atom. The normalized spacial score (nSPS) is 19.0. The first-order valence-electron chi connectivity index (χ1n) is 6.82. The summed E-state index contributed by atoms with van der Waals surface area (Å²) in [6.07, 6.45) is 2.34. The van der Waals surface area contributed by atoms with Crippen LogP contribution in [-0.2, 0) is 16.6 Å². The van der Waals surface area contributed by atoms with Crippen LogP contribution in [0.4, 0.5) is 5.69 Å². The van der Waals surface area contributed by atoms with Gasteiger partial charge in [0.2, 0.25) is 5.91 Å². The largest absolute Gasteiger partial charge is 0.327 e. The molecule has 2 amide bonds. The number of aromatic nitrogens is 1. The number of carbonyl (C=O) groups is 2. The Labute approximate surface area is 140 Å². The van der Waals surface area contributed by atoms with Crippen molar-refractivity contribution in [3.8, 4) is 0 Å². The van der Waals surface area contributed by atoms with Crippen molar-refractivity contribution in [3.05, 3.63) is 45.1 Å². The fraction of sp³-hybridized carbons (Fsp3) is 0.267. The van der Waals surface area contributed by atoms with E-state index < -0.39 is 5.92 Å².